The summed E-state index contributed by atoms with van der Waals surface area (Å²) < 4.78 is 13.2. The van der Waals surface area contributed by atoms with E-state index in [0.717, 1.165) is 5.56 Å². The Morgan fingerprint density at radius 2 is 2.33 bits per heavy atom. The van der Waals surface area contributed by atoms with E-state index < -0.39 is 0 Å². The Bertz CT molecular complexity index is 331. The number of benzene rings is 1. The van der Waals surface area contributed by atoms with Crippen LogP contribution in [0.2, 0.25) is 0 Å². The molecule has 0 saturated carbocycles. The first-order valence-corrected chi connectivity index (χ1v) is 3.85. The Balaban J connectivity index is 2.62. The normalized spacial score (nSPS) is 14.7. The van der Waals surface area contributed by atoms with E-state index in [1.165, 1.54) is 6.07 Å². The van der Waals surface area contributed by atoms with Crippen LogP contribution in [0, 0.1) is 11.9 Å². The first-order valence-electron chi connectivity index (χ1n) is 3.85. The Labute approximate surface area is 71.1 Å². The molecule has 1 heterocycles. The second-order valence-corrected chi connectivity index (χ2v) is 2.88. The largest absolute Gasteiger partial charge is 0.367 e. The smallest absolute Gasteiger partial charge is 0.147 e. The van der Waals surface area contributed by atoms with Gasteiger partial charge in [0, 0.05) is 19.2 Å². The van der Waals surface area contributed by atoms with Gasteiger partial charge in [0.1, 0.15) is 5.82 Å². The highest BCUT2D eigenvalue weighted by Gasteiger charge is 2.13. The molecule has 0 fully saturated rings. The maximum Gasteiger partial charge on any atom is 0.147 e. The van der Waals surface area contributed by atoms with Crippen molar-refractivity contribution < 1.29 is 4.39 Å². The van der Waals surface area contributed by atoms with E-state index in [0.29, 0.717) is 12.2 Å². The average molecular weight is 162 g/mol. The molecule has 0 unspecified atom stereocenters. The number of likely N-dealkylation sites (N-methyl/N-ethyl adjacent to an activating group) is 1. The number of fused-ring (bicyclic) bond motifs is 1. The molecule has 2 rings (SSSR count). The molecular formula is C10H9FN. The quantitative estimate of drug-likeness (QED) is 0.564. The zero-order valence-corrected chi connectivity index (χ0v) is 6.84. The number of para-hydroxylation sites is 1. The number of hydrogen-bond acceptors (Lipinski definition) is 1. The van der Waals surface area contributed by atoms with Gasteiger partial charge < -0.3 is 4.90 Å². The van der Waals surface area contributed by atoms with Gasteiger partial charge in [-0.3, -0.25) is 0 Å². The van der Waals surface area contributed by atoms with Gasteiger partial charge in [-0.1, -0.05) is 12.1 Å². The van der Waals surface area contributed by atoms with Crippen molar-refractivity contribution >= 4 is 11.8 Å². The minimum Gasteiger partial charge on any atom is -0.367 e. The van der Waals surface area contributed by atoms with E-state index in [-0.39, 0.29) is 5.82 Å². The van der Waals surface area contributed by atoms with Crippen LogP contribution in [0.15, 0.2) is 18.2 Å². The highest BCUT2D eigenvalue weighted by Crippen LogP contribution is 2.26. The van der Waals surface area contributed by atoms with Crippen LogP contribution < -0.4 is 4.90 Å². The molecule has 61 valence electrons. The number of nitrogens with zero attached hydrogens (tertiary/aromatic N) is 1. The summed E-state index contributed by atoms with van der Waals surface area (Å²) in [6.45, 7) is 0.661. The minimum absolute atomic E-state index is 0.159. The van der Waals surface area contributed by atoms with Crippen molar-refractivity contribution in [1.82, 2.24) is 0 Å². The van der Waals surface area contributed by atoms with Crippen LogP contribution in [0.25, 0.3) is 6.08 Å². The molecule has 1 nitrogen and oxygen atoms in total. The van der Waals surface area contributed by atoms with E-state index in [4.69, 9.17) is 0 Å². The SMILES string of the molecule is CN1C[C]=Cc2cccc(F)c21. The number of halogens is 1. The summed E-state index contributed by atoms with van der Waals surface area (Å²) in [7, 11) is 1.86. The van der Waals surface area contributed by atoms with Gasteiger partial charge in [0.2, 0.25) is 0 Å². The van der Waals surface area contributed by atoms with Crippen LogP contribution in [0.5, 0.6) is 0 Å². The molecule has 1 aromatic rings. The fourth-order valence-electron chi connectivity index (χ4n) is 1.42. The lowest BCUT2D eigenvalue weighted by Crippen LogP contribution is -2.21. The Morgan fingerprint density at radius 1 is 1.50 bits per heavy atom. The molecule has 0 bridgehead atoms. The van der Waals surface area contributed by atoms with Gasteiger partial charge in [0.25, 0.3) is 0 Å². The van der Waals surface area contributed by atoms with Crippen LogP contribution in [-0.4, -0.2) is 13.6 Å². The predicted octanol–water partition coefficient (Wildman–Crippen LogP) is 2.09. The molecule has 1 radical (unpaired) electrons. The molecule has 0 N–H and O–H groups in total. The molecule has 0 aromatic heterocycles. The minimum atomic E-state index is -0.159. The molecule has 0 spiro atoms. The number of rotatable bonds is 0. The van der Waals surface area contributed by atoms with Crippen molar-refractivity contribution in [1.29, 1.82) is 0 Å². The molecule has 2 heteroatoms. The van der Waals surface area contributed by atoms with E-state index in [9.17, 15) is 4.39 Å². The highest BCUT2D eigenvalue weighted by molar-refractivity contribution is 5.70. The lowest BCUT2D eigenvalue weighted by atomic mass is 10.1. The number of hydrogen-bond donors (Lipinski definition) is 0. The third-order valence-electron chi connectivity index (χ3n) is 1.99. The van der Waals surface area contributed by atoms with E-state index >= 15 is 0 Å². The molecule has 0 amide bonds. The van der Waals surface area contributed by atoms with Crippen molar-refractivity contribution in [3.63, 3.8) is 0 Å². The summed E-state index contributed by atoms with van der Waals surface area (Å²) in [5.41, 5.74) is 1.58. The lowest BCUT2D eigenvalue weighted by molar-refractivity contribution is 0.623. The zero-order chi connectivity index (χ0) is 8.55. The van der Waals surface area contributed by atoms with Gasteiger partial charge in [0.15, 0.2) is 0 Å². The van der Waals surface area contributed by atoms with Crippen molar-refractivity contribution in [2.45, 2.75) is 0 Å². The lowest BCUT2D eigenvalue weighted by Gasteiger charge is -2.23. The predicted molar refractivity (Wildman–Crippen MR) is 47.4 cm³/mol. The summed E-state index contributed by atoms with van der Waals surface area (Å²) in [6, 6.07) is 5.08. The fraction of sp³-hybridized carbons (Fsp3) is 0.200. The van der Waals surface area contributed by atoms with Crippen LogP contribution >= 0.6 is 0 Å². The third-order valence-corrected chi connectivity index (χ3v) is 1.99. The summed E-state index contributed by atoms with van der Waals surface area (Å²) in [5.74, 6) is -0.159. The van der Waals surface area contributed by atoms with Crippen molar-refractivity contribution in [2.75, 3.05) is 18.5 Å². The van der Waals surface area contributed by atoms with Crippen molar-refractivity contribution in [3.05, 3.63) is 35.7 Å². The second-order valence-electron chi connectivity index (χ2n) is 2.88. The maximum atomic E-state index is 13.2. The summed E-state index contributed by atoms with van der Waals surface area (Å²) in [6.07, 6.45) is 4.88. The first-order chi connectivity index (χ1) is 5.79. The van der Waals surface area contributed by atoms with E-state index in [1.54, 1.807) is 6.07 Å². The Morgan fingerprint density at radius 3 is 3.08 bits per heavy atom. The molecular weight excluding hydrogens is 153 g/mol. The number of anilines is 1. The summed E-state index contributed by atoms with van der Waals surface area (Å²) in [5, 5.41) is 0. The van der Waals surface area contributed by atoms with Gasteiger partial charge in [-0.2, -0.15) is 0 Å². The van der Waals surface area contributed by atoms with E-state index in [2.05, 4.69) is 6.08 Å². The molecule has 0 saturated heterocycles. The molecule has 1 aromatic carbocycles. The summed E-state index contributed by atoms with van der Waals surface area (Å²) >= 11 is 0. The van der Waals surface area contributed by atoms with E-state index in [1.807, 2.05) is 24.1 Å². The van der Waals surface area contributed by atoms with Gasteiger partial charge in [-0.05, 0) is 18.2 Å². The van der Waals surface area contributed by atoms with Gasteiger partial charge in [-0.25, -0.2) is 4.39 Å². The Kier molecular flexibility index (Phi) is 1.61. The summed E-state index contributed by atoms with van der Waals surface area (Å²) in [4.78, 5) is 1.85. The van der Waals surface area contributed by atoms with Crippen LogP contribution in [0.1, 0.15) is 5.56 Å². The van der Waals surface area contributed by atoms with Crippen molar-refractivity contribution in [2.24, 2.45) is 0 Å². The van der Waals surface area contributed by atoms with Crippen LogP contribution in [-0.2, 0) is 0 Å². The molecule has 1 aliphatic heterocycles. The van der Waals surface area contributed by atoms with Gasteiger partial charge >= 0.3 is 0 Å². The second kappa shape index (κ2) is 2.63. The van der Waals surface area contributed by atoms with Crippen LogP contribution in [0.4, 0.5) is 10.1 Å². The zero-order valence-electron chi connectivity index (χ0n) is 6.84. The molecule has 1 aliphatic rings. The molecule has 0 aliphatic carbocycles. The average Bonchev–Trinajstić information content (AvgIpc) is 2.04. The highest BCUT2D eigenvalue weighted by atomic mass is 19.1. The van der Waals surface area contributed by atoms with Crippen LogP contribution in [0.3, 0.4) is 0 Å². The molecule has 12 heavy (non-hydrogen) atoms. The topological polar surface area (TPSA) is 3.24 Å². The first kappa shape index (κ1) is 7.35. The monoisotopic (exact) mass is 162 g/mol. The van der Waals surface area contributed by atoms with Gasteiger partial charge in [-0.15, -0.1) is 0 Å². The fourth-order valence-corrected chi connectivity index (χ4v) is 1.42. The molecule has 0 atom stereocenters. The van der Waals surface area contributed by atoms with Crippen molar-refractivity contribution in [3.8, 4) is 0 Å². The Hall–Kier alpha value is -1.31. The third kappa shape index (κ3) is 0.998. The maximum absolute atomic E-state index is 13.2. The van der Waals surface area contributed by atoms with Gasteiger partial charge in [0.05, 0.1) is 5.69 Å². The standard InChI is InChI=1S/C10H9FN/c1-12-7-3-5-8-4-2-6-9(11)10(8)12/h2,4-6H,7H2,1H3.